The van der Waals surface area contributed by atoms with Crippen LogP contribution in [-0.4, -0.2) is 36.6 Å². The summed E-state index contributed by atoms with van der Waals surface area (Å²) < 4.78 is 7.03. The van der Waals surface area contributed by atoms with Gasteiger partial charge in [0.25, 0.3) is 0 Å². The quantitative estimate of drug-likeness (QED) is 0.550. The van der Waals surface area contributed by atoms with Crippen molar-refractivity contribution in [3.63, 3.8) is 0 Å². The molecular formula is C15H27N3O. The summed E-state index contributed by atoms with van der Waals surface area (Å²) in [6, 6.07) is 2.50. The van der Waals surface area contributed by atoms with E-state index in [4.69, 9.17) is 4.74 Å². The molecule has 4 nitrogen and oxygen atoms in total. The largest absolute Gasteiger partial charge is 0.383 e. The summed E-state index contributed by atoms with van der Waals surface area (Å²) in [6.07, 6.45) is 4.96. The van der Waals surface area contributed by atoms with Crippen molar-refractivity contribution in [2.45, 2.75) is 33.2 Å². The monoisotopic (exact) mass is 265 g/mol. The molecule has 0 spiro atoms. The van der Waals surface area contributed by atoms with E-state index in [2.05, 4.69) is 43.8 Å². The Bertz CT molecular complexity index is 386. The highest BCUT2D eigenvalue weighted by Crippen LogP contribution is 2.22. The first-order chi connectivity index (χ1) is 9.00. The zero-order valence-corrected chi connectivity index (χ0v) is 12.6. The first kappa shape index (κ1) is 15.9. The van der Waals surface area contributed by atoms with E-state index >= 15 is 0 Å². The van der Waals surface area contributed by atoms with Gasteiger partial charge in [-0.3, -0.25) is 4.68 Å². The Kier molecular flexibility index (Phi) is 6.25. The second-order valence-corrected chi connectivity index (χ2v) is 5.59. The Morgan fingerprint density at radius 2 is 2.32 bits per heavy atom. The van der Waals surface area contributed by atoms with Crippen LogP contribution in [0.2, 0.25) is 0 Å². The third kappa shape index (κ3) is 5.17. The summed E-state index contributed by atoms with van der Waals surface area (Å²) in [5.74, 6) is 0. The van der Waals surface area contributed by atoms with Crippen molar-refractivity contribution in [3.8, 4) is 0 Å². The van der Waals surface area contributed by atoms with E-state index in [1.54, 1.807) is 7.11 Å². The zero-order valence-electron chi connectivity index (χ0n) is 12.6. The van der Waals surface area contributed by atoms with Crippen LogP contribution in [0.1, 0.15) is 32.5 Å². The summed E-state index contributed by atoms with van der Waals surface area (Å²) in [7, 11) is 1.72. The molecule has 1 N–H and O–H groups in total. The Labute approximate surface area is 116 Å². The van der Waals surface area contributed by atoms with Gasteiger partial charge in [-0.15, -0.1) is 6.58 Å². The molecule has 1 aromatic rings. The van der Waals surface area contributed by atoms with Gasteiger partial charge >= 0.3 is 0 Å². The Balaban J connectivity index is 2.55. The summed E-state index contributed by atoms with van der Waals surface area (Å²) >= 11 is 0. The third-order valence-corrected chi connectivity index (χ3v) is 3.28. The lowest BCUT2D eigenvalue weighted by Gasteiger charge is -2.25. The van der Waals surface area contributed by atoms with Crippen LogP contribution in [0.25, 0.3) is 0 Å². The first-order valence-electron chi connectivity index (χ1n) is 6.88. The van der Waals surface area contributed by atoms with Crippen molar-refractivity contribution in [2.24, 2.45) is 5.41 Å². The molecule has 4 heteroatoms. The van der Waals surface area contributed by atoms with Gasteiger partial charge < -0.3 is 10.1 Å². The van der Waals surface area contributed by atoms with E-state index < -0.39 is 0 Å². The predicted octanol–water partition coefficient (Wildman–Crippen LogP) is 2.43. The number of hydrogen-bond donors (Lipinski definition) is 1. The minimum absolute atomic E-state index is 0.0178. The highest BCUT2D eigenvalue weighted by Gasteiger charge is 2.21. The lowest BCUT2D eigenvalue weighted by molar-refractivity contribution is 0.195. The molecule has 19 heavy (non-hydrogen) atoms. The van der Waals surface area contributed by atoms with Crippen LogP contribution in [0.5, 0.6) is 0 Å². The molecule has 0 aliphatic rings. The number of nitrogens with zero attached hydrogens (tertiary/aromatic N) is 2. The van der Waals surface area contributed by atoms with E-state index in [9.17, 15) is 0 Å². The molecule has 0 aromatic carbocycles. The maximum absolute atomic E-state index is 5.03. The highest BCUT2D eigenvalue weighted by atomic mass is 16.5. The van der Waals surface area contributed by atoms with Gasteiger partial charge in [-0.1, -0.05) is 13.0 Å². The average Bonchev–Trinajstić information content (AvgIpc) is 2.83. The van der Waals surface area contributed by atoms with E-state index in [0.717, 1.165) is 31.8 Å². The Morgan fingerprint density at radius 3 is 2.84 bits per heavy atom. The number of rotatable bonds is 9. The van der Waals surface area contributed by atoms with Gasteiger partial charge in [0.2, 0.25) is 0 Å². The minimum Gasteiger partial charge on any atom is -0.383 e. The van der Waals surface area contributed by atoms with Gasteiger partial charge in [-0.05, 0) is 19.9 Å². The van der Waals surface area contributed by atoms with E-state index in [-0.39, 0.29) is 5.41 Å². The maximum Gasteiger partial charge on any atom is 0.0633 e. The van der Waals surface area contributed by atoms with Crippen LogP contribution in [0.3, 0.4) is 0 Å². The molecule has 1 aromatic heterocycles. The molecule has 0 saturated carbocycles. The van der Waals surface area contributed by atoms with Crippen LogP contribution < -0.4 is 5.32 Å². The van der Waals surface area contributed by atoms with Crippen LogP contribution in [0.4, 0.5) is 0 Å². The summed E-state index contributed by atoms with van der Waals surface area (Å²) in [4.78, 5) is 0. The smallest absolute Gasteiger partial charge is 0.0633 e. The Hall–Kier alpha value is -1.13. The molecule has 0 amide bonds. The summed E-state index contributed by atoms with van der Waals surface area (Å²) in [5, 5.41) is 8.00. The molecule has 0 fully saturated rings. The third-order valence-electron chi connectivity index (χ3n) is 3.28. The number of methoxy groups -OCH3 is 1. The molecule has 1 heterocycles. The van der Waals surface area contributed by atoms with E-state index in [1.807, 2.05) is 17.0 Å². The highest BCUT2D eigenvalue weighted by molar-refractivity contribution is 5.08. The zero-order chi connectivity index (χ0) is 14.3. The van der Waals surface area contributed by atoms with Gasteiger partial charge in [-0.25, -0.2) is 0 Å². The van der Waals surface area contributed by atoms with E-state index in [1.165, 1.54) is 0 Å². The Morgan fingerprint density at radius 1 is 1.58 bits per heavy atom. The number of nitrogens with one attached hydrogen (secondary N) is 1. The lowest BCUT2D eigenvalue weighted by Crippen LogP contribution is -2.34. The van der Waals surface area contributed by atoms with Gasteiger partial charge in [0, 0.05) is 44.3 Å². The van der Waals surface area contributed by atoms with Gasteiger partial charge in [0.15, 0.2) is 0 Å². The molecule has 1 atom stereocenters. The molecule has 0 bridgehead atoms. The van der Waals surface area contributed by atoms with Crippen LogP contribution in [0, 0.1) is 5.41 Å². The van der Waals surface area contributed by atoms with Crippen LogP contribution >= 0.6 is 0 Å². The van der Waals surface area contributed by atoms with Gasteiger partial charge in [0.1, 0.15) is 0 Å². The molecule has 108 valence electrons. The predicted molar refractivity (Wildman–Crippen MR) is 79.4 cm³/mol. The SMILES string of the molecule is C=CC(C)(CNCCOC)Cc1ccn(C(C)C)n1. The number of hydrogen-bond acceptors (Lipinski definition) is 3. The van der Waals surface area contributed by atoms with Crippen LogP contribution in [-0.2, 0) is 11.2 Å². The number of ether oxygens (including phenoxy) is 1. The molecular weight excluding hydrogens is 238 g/mol. The normalized spacial score (nSPS) is 14.6. The van der Waals surface area contributed by atoms with Crippen molar-refractivity contribution in [1.82, 2.24) is 15.1 Å². The standard InChI is InChI=1S/C15H27N3O/c1-6-15(4,12-16-8-10-19-5)11-14-7-9-18(17-14)13(2)3/h6-7,9,13,16H,1,8,10-12H2,2-5H3. The fourth-order valence-corrected chi connectivity index (χ4v) is 1.93. The van der Waals surface area contributed by atoms with Crippen molar-refractivity contribution in [3.05, 3.63) is 30.6 Å². The van der Waals surface area contributed by atoms with Crippen molar-refractivity contribution >= 4 is 0 Å². The fraction of sp³-hybridized carbons (Fsp3) is 0.667. The molecule has 0 aliphatic heterocycles. The molecule has 1 rings (SSSR count). The van der Waals surface area contributed by atoms with Gasteiger partial charge in [-0.2, -0.15) is 5.10 Å². The van der Waals surface area contributed by atoms with Gasteiger partial charge in [0.05, 0.1) is 12.3 Å². The van der Waals surface area contributed by atoms with Crippen molar-refractivity contribution < 1.29 is 4.74 Å². The average molecular weight is 265 g/mol. The van der Waals surface area contributed by atoms with Crippen molar-refractivity contribution in [2.75, 3.05) is 26.8 Å². The van der Waals surface area contributed by atoms with Crippen LogP contribution in [0.15, 0.2) is 24.9 Å². The molecule has 1 unspecified atom stereocenters. The number of aromatic nitrogens is 2. The maximum atomic E-state index is 5.03. The fourth-order valence-electron chi connectivity index (χ4n) is 1.93. The molecule has 0 radical (unpaired) electrons. The summed E-state index contributed by atoms with van der Waals surface area (Å²) in [5.41, 5.74) is 1.13. The first-order valence-corrected chi connectivity index (χ1v) is 6.88. The second kappa shape index (κ2) is 7.46. The van der Waals surface area contributed by atoms with E-state index in [0.29, 0.717) is 6.04 Å². The second-order valence-electron chi connectivity index (χ2n) is 5.59. The molecule has 0 aliphatic carbocycles. The molecule has 0 saturated heterocycles. The topological polar surface area (TPSA) is 39.1 Å². The lowest BCUT2D eigenvalue weighted by atomic mass is 9.85. The summed E-state index contributed by atoms with van der Waals surface area (Å²) in [6.45, 7) is 12.9. The van der Waals surface area contributed by atoms with Crippen molar-refractivity contribution in [1.29, 1.82) is 0 Å². The minimum atomic E-state index is 0.0178.